The summed E-state index contributed by atoms with van der Waals surface area (Å²) in [6.07, 6.45) is -1.51. The fourth-order valence-corrected chi connectivity index (χ4v) is 14.1. The number of rotatable bonds is 13. The highest BCUT2D eigenvalue weighted by Gasteiger charge is 2.53. The number of ether oxygens (including phenoxy) is 7. The van der Waals surface area contributed by atoms with Gasteiger partial charge in [0.05, 0.1) is 125 Å². The molecule has 3 aromatic carbocycles. The van der Waals surface area contributed by atoms with Gasteiger partial charge in [0.2, 0.25) is 11.2 Å². The molecule has 9 aromatic rings. The molecule has 117 heavy (non-hydrogen) atoms. The summed E-state index contributed by atoms with van der Waals surface area (Å²) < 4.78 is 41.0. The van der Waals surface area contributed by atoms with Crippen molar-refractivity contribution in [1.82, 2.24) is 39.3 Å². The Hall–Kier alpha value is -13.8. The number of carbonyl (C=O) groups is 8. The van der Waals surface area contributed by atoms with E-state index in [1.165, 1.54) is 38.0 Å². The van der Waals surface area contributed by atoms with Crippen molar-refractivity contribution in [2.45, 2.75) is 171 Å². The zero-order valence-corrected chi connectivity index (χ0v) is 62.4. The van der Waals surface area contributed by atoms with Gasteiger partial charge in [-0.25, -0.2) is 38.9 Å². The number of hydrogen-bond donors (Lipinski definition) is 5. The number of nitro groups is 3. The molecular formula is C79H84N12O26. The van der Waals surface area contributed by atoms with Crippen LogP contribution in [-0.4, -0.2) is 132 Å². The van der Waals surface area contributed by atoms with E-state index in [9.17, 15) is 88.2 Å². The molecule has 3 atom stereocenters. The van der Waals surface area contributed by atoms with Crippen molar-refractivity contribution in [3.05, 3.63) is 202 Å². The lowest BCUT2D eigenvalue weighted by atomic mass is 9.85. The highest BCUT2D eigenvalue weighted by atomic mass is 16.6. The molecule has 2 amide bonds. The number of nitro benzene ring substituents is 3. The first-order valence-electron chi connectivity index (χ1n) is 35.4. The van der Waals surface area contributed by atoms with Gasteiger partial charge in [0.15, 0.2) is 5.60 Å². The second-order valence-corrected chi connectivity index (χ2v) is 28.8. The number of carboxylic acid groups (broad SMARTS) is 1. The van der Waals surface area contributed by atoms with Crippen molar-refractivity contribution < 1.29 is 96.5 Å². The van der Waals surface area contributed by atoms with Crippen LogP contribution in [0.15, 0.2) is 105 Å². The number of cyclic esters (lactones) is 3. The van der Waals surface area contributed by atoms with Crippen LogP contribution in [0.1, 0.15) is 154 Å². The van der Waals surface area contributed by atoms with Gasteiger partial charge in [-0.3, -0.25) is 59.1 Å². The Balaban J connectivity index is 0.000000186. The zero-order chi connectivity index (χ0) is 82.7. The van der Waals surface area contributed by atoms with Gasteiger partial charge < -0.3 is 73.4 Å². The van der Waals surface area contributed by atoms with Crippen LogP contribution in [0.2, 0.25) is 0 Å². The lowest BCUT2D eigenvalue weighted by Crippen LogP contribution is -2.49. The molecule has 0 saturated heterocycles. The number of aliphatic hydroxyl groups is 1. The molecule has 0 fully saturated rings. The predicted molar refractivity (Wildman–Crippen MR) is 417 cm³/mol. The molecule has 6 aromatic heterocycles. The fraction of sp³-hybridized carbons (Fsp3) is 0.367. The first kappa shape index (κ1) is 87.2. The minimum Gasteiger partial charge on any atom is -0.480 e. The van der Waals surface area contributed by atoms with Crippen LogP contribution in [0, 0.1) is 30.3 Å². The Kier molecular flexibility index (Phi) is 24.6. The molecule has 0 saturated carbocycles. The number of fused-ring (bicyclic) bond motifs is 15. The maximum atomic E-state index is 13.6. The van der Waals surface area contributed by atoms with Crippen LogP contribution < -0.4 is 33.0 Å². The van der Waals surface area contributed by atoms with Gasteiger partial charge in [-0.15, -0.1) is 0 Å². The summed E-state index contributed by atoms with van der Waals surface area (Å²) in [4.78, 5) is 182. The molecule has 0 bridgehead atoms. The smallest absolute Gasteiger partial charge is 0.408 e. The monoisotopic (exact) mass is 1620 g/mol. The van der Waals surface area contributed by atoms with E-state index in [2.05, 4.69) is 25.6 Å². The summed E-state index contributed by atoms with van der Waals surface area (Å²) in [6, 6.07) is 23.5. The van der Waals surface area contributed by atoms with Crippen LogP contribution in [0.4, 0.5) is 26.7 Å². The van der Waals surface area contributed by atoms with E-state index >= 15 is 0 Å². The highest BCUT2D eigenvalue weighted by Crippen LogP contribution is 2.45. The van der Waals surface area contributed by atoms with E-state index in [4.69, 9.17) is 44.0 Å². The Morgan fingerprint density at radius 2 is 0.829 bits per heavy atom. The number of aliphatic carboxylic acids is 1. The van der Waals surface area contributed by atoms with Crippen LogP contribution in [-0.2, 0) is 118 Å². The number of pyridine rings is 6. The number of nitrogens with two attached hydrogens (primary N) is 1. The summed E-state index contributed by atoms with van der Waals surface area (Å²) in [5, 5.41) is 58.8. The van der Waals surface area contributed by atoms with Crippen LogP contribution >= 0.6 is 0 Å². The van der Waals surface area contributed by atoms with Crippen molar-refractivity contribution in [3.63, 3.8) is 0 Å². The number of carbonyl (C=O) groups excluding carboxylic acids is 7. The number of amides is 2. The van der Waals surface area contributed by atoms with Gasteiger partial charge in [0.1, 0.15) is 44.1 Å². The summed E-state index contributed by atoms with van der Waals surface area (Å²) in [7, 11) is 0. The lowest BCUT2D eigenvalue weighted by Gasteiger charge is -2.35. The normalized spacial score (nSPS) is 17.0. The molecule has 0 aliphatic carbocycles. The van der Waals surface area contributed by atoms with Crippen LogP contribution in [0.25, 0.3) is 66.9 Å². The minimum absolute atomic E-state index is 0. The number of non-ortho nitro benzene ring substituents is 3. The van der Waals surface area contributed by atoms with E-state index in [1.54, 1.807) is 129 Å². The number of nitrogens with zero attached hydrogens (tertiary/aromatic N) is 9. The number of carboxylic acids is 1. The molecule has 38 heteroatoms. The maximum Gasteiger partial charge on any atom is 0.408 e. The molecule has 0 spiro atoms. The molecule has 12 heterocycles. The summed E-state index contributed by atoms with van der Waals surface area (Å²) in [5.41, 5.74) is 3.91. The van der Waals surface area contributed by atoms with Crippen molar-refractivity contribution in [2.75, 3.05) is 19.6 Å². The molecule has 0 radical (unpaired) electrons. The maximum absolute atomic E-state index is 13.6. The zero-order valence-electron chi connectivity index (χ0n) is 62.4. The van der Waals surface area contributed by atoms with Gasteiger partial charge in [-0.05, 0) is 115 Å². The van der Waals surface area contributed by atoms with Gasteiger partial charge in [0, 0.05) is 51.6 Å². The molecule has 616 valence electrons. The highest BCUT2D eigenvalue weighted by molar-refractivity contribution is 5.95. The van der Waals surface area contributed by atoms with E-state index < -0.39 is 122 Å². The Morgan fingerprint density at radius 1 is 0.504 bits per heavy atom. The van der Waals surface area contributed by atoms with Crippen LogP contribution in [0.5, 0.6) is 0 Å². The summed E-state index contributed by atoms with van der Waals surface area (Å²) >= 11 is 0. The van der Waals surface area contributed by atoms with Crippen molar-refractivity contribution >= 4 is 97.8 Å². The average Bonchev–Trinajstić information content (AvgIpc) is 1.65. The molecule has 6 aliphatic heterocycles. The molecule has 0 unspecified atom stereocenters. The third-order valence-corrected chi connectivity index (χ3v) is 19.4. The quantitative estimate of drug-likeness (QED) is 0.0311. The first-order valence-corrected chi connectivity index (χ1v) is 35.4. The molecule has 15 rings (SSSR count). The lowest BCUT2D eigenvalue weighted by molar-refractivity contribution is -0.383. The topological polar surface area (TPSA) is 526 Å². The summed E-state index contributed by atoms with van der Waals surface area (Å²) in [6.45, 7) is 13.2. The second-order valence-electron chi connectivity index (χ2n) is 28.8. The Morgan fingerprint density at radius 3 is 1.15 bits per heavy atom. The van der Waals surface area contributed by atoms with Crippen molar-refractivity contribution in [1.29, 1.82) is 0 Å². The second kappa shape index (κ2) is 33.0. The minimum atomic E-state index is -1.94. The van der Waals surface area contributed by atoms with Gasteiger partial charge in [-0.2, -0.15) is 0 Å². The molecule has 6 N–H and O–H groups in total. The standard InChI is InChI=1S/C27H26N4O9.C22H18N4O7.C20H15N3O6.C7H13NO4.3CH4/c1-5-27(39-21(32)11-28-25(35)40-26(2,3)4)17-10-20-22-14(12-30(20)23(33)16(17)13-38-24(27)34)9-15-18(29-22)7-6-8-19(15)31(36)37;1-2-22(33-18(27)8-23)14-7-17-19-11(9-25(17)20(28)13(14)10-32-21(22)29)6-12-15(24-19)4-3-5-16(12)26(30)31;1-2-20(26)13-7-16-17-10(8-22(16)18(24)12(13)9-29-19(20)25)6-11-14(21-17)4-3-5-15(11)23(27)28;1-7(2,3)12-6(11)8-4-5(9)10;;;/h6-10H,5,11-13H2,1-4H3,(H,28,35);3-7H,2,8-10,23H2,1H3;3-7,26H,2,8-9H2,1H3;4H2,1-3H3,(H,8,11)(H,9,10);3*1H4/t27-;22-;20-;;;;/m001..../s1. The number of hydrogen-bond acceptors (Lipinski definition) is 29. The molecular weight excluding hydrogens is 1530 g/mol. The number of nitrogens with one attached hydrogen (secondary N) is 2. The van der Waals surface area contributed by atoms with Gasteiger partial charge in [0.25, 0.3) is 33.7 Å². The number of esters is 5. The summed E-state index contributed by atoms with van der Waals surface area (Å²) in [5.74, 6) is -5.24. The van der Waals surface area contributed by atoms with E-state index in [1.807, 2.05) is 0 Å². The average molecular weight is 1620 g/mol. The Bertz CT molecular complexity index is 5900. The number of benzene rings is 3. The van der Waals surface area contributed by atoms with Gasteiger partial charge in [-0.1, -0.05) is 61.3 Å². The molecule has 38 nitrogen and oxygen atoms in total. The SMILES string of the molecule is C.C.C.CC(C)(C)OC(=O)NCC(=O)O.CC[C@@]1(OC(=O)CN)C(=O)OCc2c1cc1n(c2=O)Cc2cc3c([N+](=O)[O-])cccc3nc2-1.CC[C@@]1(OC(=O)CNC(=O)OC(C)(C)C)C(=O)OCc2c1cc1n(c2=O)Cc2cc3c([N+](=O)[O-])cccc3nc2-1.CC[C@]1(O)C(=O)OCc2c1cc1n(c2=O)Cc2cc3c([N+](=O)[O-])cccc3nc2-1. The molecule has 6 aliphatic rings. The van der Waals surface area contributed by atoms with Crippen molar-refractivity contribution in [3.8, 4) is 34.2 Å². The third kappa shape index (κ3) is 16.1. The first-order chi connectivity index (χ1) is 53.8. The Labute approximate surface area is 664 Å². The number of alkyl carbamates (subject to hydrolysis) is 2. The van der Waals surface area contributed by atoms with Crippen LogP contribution in [0.3, 0.4) is 0 Å². The third-order valence-electron chi connectivity index (χ3n) is 19.4. The number of aromatic nitrogens is 6. The van der Waals surface area contributed by atoms with E-state index in [-0.39, 0.29) is 137 Å². The fourth-order valence-electron chi connectivity index (χ4n) is 14.1. The largest absolute Gasteiger partial charge is 0.480 e. The van der Waals surface area contributed by atoms with Gasteiger partial charge >= 0.3 is 48.0 Å². The van der Waals surface area contributed by atoms with E-state index in [0.29, 0.717) is 83.6 Å². The van der Waals surface area contributed by atoms with Crippen molar-refractivity contribution in [2.24, 2.45) is 5.73 Å². The predicted octanol–water partition coefficient (Wildman–Crippen LogP) is 9.05. The van der Waals surface area contributed by atoms with E-state index in [0.717, 1.165) is 0 Å².